The third-order valence-electron chi connectivity index (χ3n) is 28.7. The van der Waals surface area contributed by atoms with Crippen molar-refractivity contribution in [3.05, 3.63) is 92.4 Å². The standard InChI is InChI=1S/C24H37ClN4O3.C20H31ClN4O3S.C14H25NO3.C13H17ClIN3.C13H18ClN3O.C7H14O.C4H2Cl2N2/c1-24(2,3)32-23(30)29-8-4-17(5-9-29)15-31-16-19-12-21(19)18-6-10-28(11-7-18)22-26-13-20(25)14-27-22;1-29(26,27)25-8-2-15(3-9-25)13-28-14-17-10-19(17)16-4-6-24(7-5-16)20-22-11-18(21)12-23-20;1-14(2,3)18-13(17)15-6-4-10(5-7-15)12-8-11(12)9-16;14-11-7-16-13(17-8-11)18-3-1-9(2-4-18)12-5-10(12)6-15;14-11-6-15-13(16-7-11)17-3-1-9(2-4-17)12-5-10(12)8-18;8-6-7-4-2-1-3-5-7;5-3-1-7-4(6)8-2-3/h13-14,17-19,21H,4-12,15-16H2,1-3H3;11-12,15-17,19H,2-10,13-14H2,1H3;10-12,16H,4-9H2,1-3H3;7-10,12H,1-6H2;6-7,9-10,12,18H,1-5,8H2;7-8H,1-6H2;1-2H/t19-,21+;17-,19+;11-,12+;2*10-,12+;;/m00000../s1. The highest BCUT2D eigenvalue weighted by Crippen LogP contribution is 2.53. The highest BCUT2D eigenvalue weighted by Gasteiger charge is 2.48. The van der Waals surface area contributed by atoms with Gasteiger partial charge in [-0.2, -0.15) is 0 Å². The molecule has 5 aromatic rings. The van der Waals surface area contributed by atoms with E-state index in [1.54, 1.807) is 53.9 Å². The van der Waals surface area contributed by atoms with Crippen LogP contribution in [0.2, 0.25) is 30.4 Å². The van der Waals surface area contributed by atoms with Crippen molar-refractivity contribution in [2.24, 2.45) is 107 Å². The maximum absolute atomic E-state index is 12.2. The number of carbonyl (C=O) groups excluding carboxylic acids is 2. The Morgan fingerprint density at radius 3 is 0.885 bits per heavy atom. The van der Waals surface area contributed by atoms with Crippen molar-refractivity contribution in [1.82, 2.24) is 63.9 Å². The van der Waals surface area contributed by atoms with Crippen molar-refractivity contribution in [1.29, 1.82) is 0 Å². The van der Waals surface area contributed by atoms with Crippen LogP contribution in [0.15, 0.2) is 62.0 Å². The Morgan fingerprint density at radius 2 is 0.626 bits per heavy atom. The minimum atomic E-state index is -3.04. The van der Waals surface area contributed by atoms with E-state index in [-0.39, 0.29) is 17.5 Å². The highest BCUT2D eigenvalue weighted by molar-refractivity contribution is 14.1. The maximum atomic E-state index is 12.2. The third-order valence-corrected chi connectivity index (χ3v) is 32.3. The summed E-state index contributed by atoms with van der Waals surface area (Å²) in [5.41, 5.74) is -0.843. The second-order valence-electron chi connectivity index (χ2n) is 40.7. The van der Waals surface area contributed by atoms with Gasteiger partial charge in [-0.05, 0) is 295 Å². The van der Waals surface area contributed by atoms with Crippen molar-refractivity contribution in [2.45, 2.75) is 207 Å². The summed E-state index contributed by atoms with van der Waals surface area (Å²) in [5.74, 6) is 16.5. The van der Waals surface area contributed by atoms with Crippen molar-refractivity contribution < 1.29 is 52.3 Å². The molecule has 0 aromatic carbocycles. The molecule has 0 bridgehead atoms. The lowest BCUT2D eigenvalue weighted by atomic mass is 9.90. The number of amides is 2. The Balaban J connectivity index is 0.000000144. The van der Waals surface area contributed by atoms with Gasteiger partial charge in [0.05, 0.1) is 93.3 Å². The van der Waals surface area contributed by atoms with Gasteiger partial charge in [0.25, 0.3) is 0 Å². The Morgan fingerprint density at radius 1 is 0.359 bits per heavy atom. The van der Waals surface area contributed by atoms with Crippen LogP contribution in [-0.2, 0) is 29.0 Å². The number of aliphatic hydroxyl groups excluding tert-OH is 3. The minimum Gasteiger partial charge on any atom is -0.444 e. The lowest BCUT2D eigenvalue weighted by Crippen LogP contribution is -2.42. The molecule has 0 radical (unpaired) electrons. The molecule has 13 aliphatic rings. The molecule has 10 atom stereocenters. The topological polar surface area (TPSA) is 317 Å². The first-order chi connectivity index (χ1) is 62.9. The van der Waals surface area contributed by atoms with Crippen LogP contribution in [-0.4, -0.2) is 260 Å². The van der Waals surface area contributed by atoms with Gasteiger partial charge in [0.2, 0.25) is 39.1 Å². The smallest absolute Gasteiger partial charge is 0.410 e. The summed E-state index contributed by atoms with van der Waals surface area (Å²) in [6.45, 7) is 28.5. The largest absolute Gasteiger partial charge is 0.444 e. The Bertz CT molecular complexity index is 4210. The van der Waals surface area contributed by atoms with Crippen LogP contribution in [0.3, 0.4) is 0 Å². The molecule has 18 rings (SSSR count). The van der Waals surface area contributed by atoms with E-state index in [9.17, 15) is 18.0 Å². The number of hydrogen-bond acceptors (Lipinski definition) is 25. The van der Waals surface area contributed by atoms with Gasteiger partial charge in [0.15, 0.2) is 0 Å². The van der Waals surface area contributed by atoms with Gasteiger partial charge in [0.1, 0.15) is 11.2 Å². The van der Waals surface area contributed by atoms with Crippen LogP contribution in [0.5, 0.6) is 0 Å². The molecule has 13 fully saturated rings. The molecule has 730 valence electrons. The third kappa shape index (κ3) is 35.0. The summed E-state index contributed by atoms with van der Waals surface area (Å²) >= 11 is 36.7. The highest BCUT2D eigenvalue weighted by atomic mass is 127. The molecular weight excluding hydrogens is 1930 g/mol. The number of aromatic nitrogens is 10. The van der Waals surface area contributed by atoms with Crippen molar-refractivity contribution >= 4 is 138 Å². The molecule has 2 amide bonds. The molecule has 36 heteroatoms. The molecule has 5 aromatic heterocycles. The normalized spacial score (nSPS) is 26.0. The molecule has 12 heterocycles. The molecule has 0 unspecified atom stereocenters. The van der Waals surface area contributed by atoms with E-state index in [1.807, 2.05) is 51.3 Å². The number of anilines is 4. The second-order valence-corrected chi connectivity index (χ2v) is 46.1. The van der Waals surface area contributed by atoms with Crippen LogP contribution in [0, 0.1) is 107 Å². The number of alkyl halides is 1. The van der Waals surface area contributed by atoms with Crippen LogP contribution in [0.4, 0.5) is 33.4 Å². The average molecular weight is 2070 g/mol. The van der Waals surface area contributed by atoms with E-state index < -0.39 is 21.2 Å². The van der Waals surface area contributed by atoms with E-state index >= 15 is 0 Å². The molecule has 7 aliphatic heterocycles. The van der Waals surface area contributed by atoms with Gasteiger partial charge in [0, 0.05) is 142 Å². The molecule has 131 heavy (non-hydrogen) atoms. The van der Waals surface area contributed by atoms with Crippen LogP contribution in [0.25, 0.3) is 0 Å². The first-order valence-corrected chi connectivity index (χ1v) is 54.0. The number of sulfonamides is 1. The molecule has 7 saturated heterocycles. The maximum Gasteiger partial charge on any atom is 0.410 e. The predicted octanol–water partition coefficient (Wildman–Crippen LogP) is 18.3. The van der Waals surface area contributed by atoms with E-state index in [2.05, 4.69) is 92.0 Å². The lowest BCUT2D eigenvalue weighted by Gasteiger charge is -2.33. The van der Waals surface area contributed by atoms with Gasteiger partial charge in [-0.25, -0.2) is 72.2 Å². The molecule has 28 nitrogen and oxygen atoms in total. The van der Waals surface area contributed by atoms with Crippen molar-refractivity contribution in [3.63, 3.8) is 0 Å². The van der Waals surface area contributed by atoms with Crippen LogP contribution >= 0.6 is 92.2 Å². The quantitative estimate of drug-likeness (QED) is 0.0329. The lowest BCUT2D eigenvalue weighted by molar-refractivity contribution is 0.0106. The molecule has 3 N–H and O–H groups in total. The van der Waals surface area contributed by atoms with E-state index in [0.717, 1.165) is 226 Å². The van der Waals surface area contributed by atoms with Gasteiger partial charge in [-0.1, -0.05) is 99.9 Å². The SMILES string of the molecule is CC(C)(C)OC(=O)N1CCC(COC[C@@H]2C[C@@H]2C2CCN(c3ncc(Cl)cn3)CC2)CC1.CC(C)(C)OC(=O)N1CCC([C@H]2C[C@H]2CO)CC1.CS(=O)(=O)N1CCC(COC[C@@H]2C[C@@H]2C2CCN(c3ncc(Cl)cn3)CC2)CC1.Clc1cnc(Cl)nc1.Clc1cnc(N2CCC([C@H]3C[C@H]3CI)CC2)nc1.OCC1CCCCC1.OC[C@@H]1C[C@@H]1C1CCN(c2ncc(Cl)cn2)CC1. The number of likely N-dealkylation sites (tertiary alicyclic amines) is 2. The number of nitrogens with zero attached hydrogens (tertiary/aromatic N) is 17. The van der Waals surface area contributed by atoms with Gasteiger partial charge in [-0.3, -0.25) is 0 Å². The van der Waals surface area contributed by atoms with Gasteiger partial charge in [-0.15, -0.1) is 0 Å². The number of hydrogen-bond donors (Lipinski definition) is 3. The number of aliphatic hydroxyl groups is 3. The molecular formula is C95H144Cl6IN17O11S. The summed E-state index contributed by atoms with van der Waals surface area (Å²) < 4.78 is 49.1. The number of rotatable bonds is 22. The predicted molar refractivity (Wildman–Crippen MR) is 527 cm³/mol. The Labute approximate surface area is 822 Å². The number of carbonyl (C=O) groups is 2. The van der Waals surface area contributed by atoms with Crippen LogP contribution < -0.4 is 19.6 Å². The number of piperidine rings is 7. The van der Waals surface area contributed by atoms with Gasteiger partial charge < -0.3 is 63.7 Å². The fourth-order valence-corrected chi connectivity index (χ4v) is 23.0. The van der Waals surface area contributed by atoms with Crippen molar-refractivity contribution in [2.75, 3.05) is 168 Å². The fourth-order valence-electron chi connectivity index (χ4n) is 20.5. The Hall–Kier alpha value is -4.68. The van der Waals surface area contributed by atoms with E-state index in [0.29, 0.717) is 105 Å². The zero-order chi connectivity index (χ0) is 93.4. The summed E-state index contributed by atoms with van der Waals surface area (Å²) in [5, 5.41) is 30.0. The number of halogens is 7. The zero-order valence-electron chi connectivity index (χ0n) is 78.0. The van der Waals surface area contributed by atoms with Crippen molar-refractivity contribution in [3.8, 4) is 0 Å². The fraction of sp³-hybridized carbons (Fsp3) is 0.768. The first kappa shape index (κ1) is 105. The zero-order valence-corrected chi connectivity index (χ0v) is 85.5. The monoisotopic (exact) mass is 2070 g/mol. The first-order valence-electron chi connectivity index (χ1n) is 48.3. The average Bonchev–Trinajstić information content (AvgIpc) is 1.68. The molecule has 6 saturated carbocycles. The van der Waals surface area contributed by atoms with Crippen LogP contribution in [0.1, 0.15) is 196 Å². The van der Waals surface area contributed by atoms with E-state index in [1.165, 1.54) is 139 Å². The van der Waals surface area contributed by atoms with Gasteiger partial charge >= 0.3 is 12.2 Å². The second kappa shape index (κ2) is 51.3. The Kier molecular flexibility index (Phi) is 41.2. The summed E-state index contributed by atoms with van der Waals surface area (Å²) in [6, 6.07) is 0. The summed E-state index contributed by atoms with van der Waals surface area (Å²) in [4.78, 5) is 78.5. The minimum absolute atomic E-state index is 0.185. The summed E-state index contributed by atoms with van der Waals surface area (Å²) in [7, 11) is -3.04. The number of ether oxygens (including phenoxy) is 4. The molecule has 6 aliphatic carbocycles. The van der Waals surface area contributed by atoms with E-state index in [4.69, 9.17) is 104 Å². The summed E-state index contributed by atoms with van der Waals surface area (Å²) in [6.07, 6.45) is 45.9. The molecule has 0 spiro atoms.